The highest BCUT2D eigenvalue weighted by Crippen LogP contribution is 2.11. The van der Waals surface area contributed by atoms with E-state index in [-0.39, 0.29) is 11.5 Å². The Morgan fingerprint density at radius 1 is 1.58 bits per heavy atom. The van der Waals surface area contributed by atoms with Gasteiger partial charge in [-0.3, -0.25) is 0 Å². The Balaban J connectivity index is 4.48. The van der Waals surface area contributed by atoms with Gasteiger partial charge in [0.1, 0.15) is 11.6 Å². The third-order valence-corrected chi connectivity index (χ3v) is 1.80. The molecule has 3 heteroatoms. The van der Waals surface area contributed by atoms with Crippen molar-refractivity contribution >= 4 is 5.97 Å². The molecule has 0 aliphatic rings. The third kappa shape index (κ3) is 3.20. The van der Waals surface area contributed by atoms with E-state index in [4.69, 9.17) is 10.4 Å². The van der Waals surface area contributed by atoms with Crippen molar-refractivity contribution in [2.45, 2.75) is 26.7 Å². The van der Waals surface area contributed by atoms with Crippen LogP contribution in [-0.4, -0.2) is 11.1 Å². The third-order valence-electron chi connectivity index (χ3n) is 1.80. The van der Waals surface area contributed by atoms with Crippen molar-refractivity contribution in [3.8, 4) is 6.07 Å². The number of carbonyl (C=O) groups is 1. The topological polar surface area (TPSA) is 61.1 Å². The molecule has 0 aromatic carbocycles. The molecule has 0 aliphatic heterocycles. The van der Waals surface area contributed by atoms with Crippen molar-refractivity contribution in [3.63, 3.8) is 0 Å². The predicted octanol–water partition coefficient (Wildman–Crippen LogP) is 1.96. The Hall–Kier alpha value is -1.30. The highest BCUT2D eigenvalue weighted by molar-refractivity contribution is 5.90. The fourth-order valence-corrected chi connectivity index (χ4v) is 0.916. The molecule has 1 N–H and O–H groups in total. The molecule has 0 aromatic heterocycles. The van der Waals surface area contributed by atoms with E-state index < -0.39 is 5.97 Å². The van der Waals surface area contributed by atoms with Gasteiger partial charge in [0.05, 0.1) is 0 Å². The minimum atomic E-state index is -1.13. The van der Waals surface area contributed by atoms with Gasteiger partial charge in [-0.1, -0.05) is 19.9 Å². The van der Waals surface area contributed by atoms with Crippen LogP contribution in [0.15, 0.2) is 11.6 Å². The summed E-state index contributed by atoms with van der Waals surface area (Å²) in [5.74, 6) is -0.930. The highest BCUT2D eigenvalue weighted by atomic mass is 16.4. The van der Waals surface area contributed by atoms with Gasteiger partial charge in [0.15, 0.2) is 0 Å². The van der Waals surface area contributed by atoms with Gasteiger partial charge in [-0.25, -0.2) is 4.79 Å². The van der Waals surface area contributed by atoms with Crippen LogP contribution in [0.4, 0.5) is 0 Å². The summed E-state index contributed by atoms with van der Waals surface area (Å²) in [4.78, 5) is 10.4. The number of hydrogen-bond donors (Lipinski definition) is 1. The van der Waals surface area contributed by atoms with Gasteiger partial charge in [-0.15, -0.1) is 0 Å². The van der Waals surface area contributed by atoms with Crippen LogP contribution in [0.3, 0.4) is 0 Å². The molecule has 12 heavy (non-hydrogen) atoms. The zero-order chi connectivity index (χ0) is 9.56. The minimum absolute atomic E-state index is 0.149. The summed E-state index contributed by atoms with van der Waals surface area (Å²) in [5.41, 5.74) is -0.149. The smallest absolute Gasteiger partial charge is 0.346 e. The zero-order valence-corrected chi connectivity index (χ0v) is 7.37. The van der Waals surface area contributed by atoms with Crippen LogP contribution in [0.1, 0.15) is 26.7 Å². The lowest BCUT2D eigenvalue weighted by molar-refractivity contribution is -0.132. The van der Waals surface area contributed by atoms with E-state index in [0.717, 1.165) is 12.8 Å². The lowest BCUT2D eigenvalue weighted by Crippen LogP contribution is -2.02. The molecule has 0 heterocycles. The summed E-state index contributed by atoms with van der Waals surface area (Å²) in [5, 5.41) is 17.0. The number of nitriles is 1. The first-order chi connectivity index (χ1) is 5.65. The number of rotatable bonds is 4. The molecular formula is C9H13NO2. The van der Waals surface area contributed by atoms with E-state index in [9.17, 15) is 4.79 Å². The summed E-state index contributed by atoms with van der Waals surface area (Å²) in [6.07, 6.45) is 3.27. The number of carboxylic acid groups (broad SMARTS) is 1. The first-order valence-corrected chi connectivity index (χ1v) is 4.00. The number of hydrogen-bond acceptors (Lipinski definition) is 2. The molecule has 0 spiro atoms. The van der Waals surface area contributed by atoms with Gasteiger partial charge in [-0.05, 0) is 18.8 Å². The van der Waals surface area contributed by atoms with Crippen LogP contribution < -0.4 is 0 Å². The van der Waals surface area contributed by atoms with Crippen LogP contribution in [0, 0.1) is 17.2 Å². The van der Waals surface area contributed by atoms with Gasteiger partial charge >= 0.3 is 5.97 Å². The summed E-state index contributed by atoms with van der Waals surface area (Å²) < 4.78 is 0. The highest BCUT2D eigenvalue weighted by Gasteiger charge is 2.08. The van der Waals surface area contributed by atoms with Crippen LogP contribution in [0.25, 0.3) is 0 Å². The Bertz CT molecular complexity index is 221. The second-order valence-electron chi connectivity index (χ2n) is 2.57. The van der Waals surface area contributed by atoms with Crippen LogP contribution >= 0.6 is 0 Å². The second-order valence-corrected chi connectivity index (χ2v) is 2.57. The van der Waals surface area contributed by atoms with Crippen molar-refractivity contribution in [2.75, 3.05) is 0 Å². The molecular weight excluding hydrogens is 154 g/mol. The SMILES string of the molecule is CCC(/C=C(\C#N)C(=O)O)CC. The normalized spacial score (nSPS) is 11.3. The number of carboxylic acids is 1. The first kappa shape index (κ1) is 10.7. The lowest BCUT2D eigenvalue weighted by atomic mass is 10.0. The molecule has 0 aromatic rings. The molecule has 0 bridgehead atoms. The Kier molecular flexibility index (Phi) is 4.78. The van der Waals surface area contributed by atoms with E-state index in [1.807, 2.05) is 13.8 Å². The fraction of sp³-hybridized carbons (Fsp3) is 0.556. The van der Waals surface area contributed by atoms with E-state index in [1.165, 1.54) is 6.08 Å². The second kappa shape index (κ2) is 5.36. The molecule has 0 rings (SSSR count). The summed E-state index contributed by atoms with van der Waals surface area (Å²) in [6, 6.07) is 1.66. The molecule has 0 radical (unpaired) electrons. The molecule has 0 saturated carbocycles. The van der Waals surface area contributed by atoms with Crippen molar-refractivity contribution in [2.24, 2.45) is 5.92 Å². The van der Waals surface area contributed by atoms with Crippen molar-refractivity contribution in [1.82, 2.24) is 0 Å². The molecule has 0 atom stereocenters. The summed E-state index contributed by atoms with van der Waals surface area (Å²) in [7, 11) is 0. The van der Waals surface area contributed by atoms with E-state index in [0.29, 0.717) is 0 Å². The van der Waals surface area contributed by atoms with Crippen LogP contribution in [0.5, 0.6) is 0 Å². The van der Waals surface area contributed by atoms with E-state index in [2.05, 4.69) is 0 Å². The van der Waals surface area contributed by atoms with Gasteiger partial charge in [0.2, 0.25) is 0 Å². The molecule has 0 aliphatic carbocycles. The molecule has 0 fully saturated rings. The molecule has 66 valence electrons. The summed E-state index contributed by atoms with van der Waals surface area (Å²) in [6.45, 7) is 3.95. The number of nitrogens with zero attached hydrogens (tertiary/aromatic N) is 1. The maximum absolute atomic E-state index is 10.4. The molecule has 0 unspecified atom stereocenters. The monoisotopic (exact) mass is 167 g/mol. The van der Waals surface area contributed by atoms with Gasteiger partial charge < -0.3 is 5.11 Å². The van der Waals surface area contributed by atoms with Crippen molar-refractivity contribution in [1.29, 1.82) is 5.26 Å². The molecule has 3 nitrogen and oxygen atoms in total. The molecule has 0 saturated heterocycles. The predicted molar refractivity (Wildman–Crippen MR) is 45.4 cm³/mol. The van der Waals surface area contributed by atoms with Gasteiger partial charge in [0, 0.05) is 0 Å². The van der Waals surface area contributed by atoms with E-state index >= 15 is 0 Å². The van der Waals surface area contributed by atoms with Crippen LogP contribution in [0.2, 0.25) is 0 Å². The average Bonchev–Trinajstić information content (AvgIpc) is 2.06. The van der Waals surface area contributed by atoms with Gasteiger partial charge in [-0.2, -0.15) is 5.26 Å². The summed E-state index contributed by atoms with van der Waals surface area (Å²) >= 11 is 0. The largest absolute Gasteiger partial charge is 0.477 e. The Morgan fingerprint density at radius 3 is 2.33 bits per heavy atom. The lowest BCUT2D eigenvalue weighted by Gasteiger charge is -2.04. The van der Waals surface area contributed by atoms with Crippen LogP contribution in [-0.2, 0) is 4.79 Å². The minimum Gasteiger partial charge on any atom is -0.477 e. The maximum atomic E-state index is 10.4. The zero-order valence-electron chi connectivity index (χ0n) is 7.37. The number of aliphatic carboxylic acids is 1. The first-order valence-electron chi connectivity index (χ1n) is 4.00. The Labute approximate surface area is 72.3 Å². The number of allylic oxidation sites excluding steroid dienone is 1. The van der Waals surface area contributed by atoms with Gasteiger partial charge in [0.25, 0.3) is 0 Å². The Morgan fingerprint density at radius 2 is 2.08 bits per heavy atom. The average molecular weight is 167 g/mol. The van der Waals surface area contributed by atoms with Crippen molar-refractivity contribution < 1.29 is 9.90 Å². The molecule has 0 amide bonds. The standard InChI is InChI=1S/C9H13NO2/c1-3-7(4-2)5-8(6-10)9(11)12/h5,7H,3-4H2,1-2H3,(H,11,12)/b8-5+. The quantitative estimate of drug-likeness (QED) is 0.514. The maximum Gasteiger partial charge on any atom is 0.346 e. The van der Waals surface area contributed by atoms with E-state index in [1.54, 1.807) is 6.07 Å². The fourth-order valence-electron chi connectivity index (χ4n) is 0.916. The van der Waals surface area contributed by atoms with Crippen molar-refractivity contribution in [3.05, 3.63) is 11.6 Å².